The number of aryl methyl sites for hydroxylation is 2. The highest BCUT2D eigenvalue weighted by molar-refractivity contribution is 7.92. The van der Waals surface area contributed by atoms with Gasteiger partial charge in [-0.05, 0) is 68.2 Å². The zero-order valence-corrected chi connectivity index (χ0v) is 27.1. The molecule has 3 aromatic heterocycles. The second-order valence-electron chi connectivity index (χ2n) is 12.3. The van der Waals surface area contributed by atoms with E-state index in [2.05, 4.69) is 31.7 Å². The number of benzene rings is 2. The third-order valence-corrected chi connectivity index (χ3v) is 11.5. The number of sulfone groups is 1. The lowest BCUT2D eigenvalue weighted by Gasteiger charge is -2.33. The van der Waals surface area contributed by atoms with Crippen LogP contribution < -0.4 is 4.72 Å². The molecule has 5 aromatic rings. The first-order valence-electron chi connectivity index (χ1n) is 15.2. The van der Waals surface area contributed by atoms with Crippen LogP contribution in [0.4, 0.5) is 5.69 Å². The fraction of sp³-hybridized carbons (Fsp3) is 0.406. The first kappa shape index (κ1) is 29.9. The van der Waals surface area contributed by atoms with Crippen LogP contribution in [0.1, 0.15) is 43.0 Å². The third-order valence-electron chi connectivity index (χ3n) is 8.96. The summed E-state index contributed by atoms with van der Waals surface area (Å²) in [4.78, 5) is 5.05. The number of aromatic nitrogens is 5. The predicted octanol–water partition coefficient (Wildman–Crippen LogP) is 4.86. The lowest BCUT2D eigenvalue weighted by molar-refractivity contribution is 0.0552. The Hall–Kier alpha value is -3.81. The highest BCUT2D eigenvalue weighted by Gasteiger charge is 2.34. The van der Waals surface area contributed by atoms with Crippen molar-refractivity contribution in [2.24, 2.45) is 18.9 Å². The summed E-state index contributed by atoms with van der Waals surface area (Å²) >= 11 is 0. The number of rotatable bonds is 9. The lowest BCUT2D eigenvalue weighted by Crippen LogP contribution is -2.27. The number of ether oxygens (including phenoxy) is 1. The van der Waals surface area contributed by atoms with Crippen LogP contribution in [0.15, 0.2) is 59.6 Å². The Morgan fingerprint density at radius 1 is 1.02 bits per heavy atom. The molecule has 45 heavy (non-hydrogen) atoms. The van der Waals surface area contributed by atoms with E-state index in [0.29, 0.717) is 40.8 Å². The monoisotopic (exact) mass is 648 g/mol. The zero-order chi connectivity index (χ0) is 31.5. The van der Waals surface area contributed by atoms with Gasteiger partial charge in [0, 0.05) is 38.3 Å². The van der Waals surface area contributed by atoms with Crippen LogP contribution in [0.25, 0.3) is 33.2 Å². The number of fused-ring (bicyclic) bond motifs is 3. The quantitative estimate of drug-likeness (QED) is 0.239. The van der Waals surface area contributed by atoms with Crippen LogP contribution in [0.5, 0.6) is 0 Å². The number of hydrogen-bond donors (Lipinski definition) is 1. The average molecular weight is 649 g/mol. The lowest BCUT2D eigenvalue weighted by atomic mass is 9.86. The van der Waals surface area contributed by atoms with E-state index in [9.17, 15) is 16.8 Å². The van der Waals surface area contributed by atoms with Crippen LogP contribution in [-0.2, 0) is 31.6 Å². The van der Waals surface area contributed by atoms with Crippen molar-refractivity contribution < 1.29 is 21.6 Å². The highest BCUT2D eigenvalue weighted by Crippen LogP contribution is 2.45. The summed E-state index contributed by atoms with van der Waals surface area (Å²) in [5.74, 6) is 0.286. The number of nitrogens with one attached hydrogen (secondary N) is 1. The molecule has 4 heterocycles. The van der Waals surface area contributed by atoms with Crippen molar-refractivity contribution >= 4 is 47.5 Å². The molecule has 2 aliphatic rings. The topological polar surface area (TPSA) is 138 Å². The molecule has 1 aliphatic heterocycles. The van der Waals surface area contributed by atoms with Crippen molar-refractivity contribution in [2.45, 2.75) is 43.5 Å². The van der Waals surface area contributed by atoms with Crippen molar-refractivity contribution in [1.29, 1.82) is 0 Å². The van der Waals surface area contributed by atoms with Crippen molar-refractivity contribution in [3.05, 3.63) is 66.0 Å². The zero-order valence-electron chi connectivity index (χ0n) is 25.5. The molecule has 11 nitrogen and oxygen atoms in total. The van der Waals surface area contributed by atoms with Gasteiger partial charge in [0.15, 0.2) is 9.84 Å². The third kappa shape index (κ3) is 5.61. The molecule has 0 amide bonds. The standard InChI is InChI=1S/C32H36N6O5S2/c1-20-30(37(2)36-34-20)24-17-26-29(33-18-24)28-25(35-45(41,42)19-21-9-10-21)11-12-27(44(3,39)40)32(28)38(26)31(22-7-5-4-6-8-22)23-13-15-43-16-14-23/h4-8,11-12,17-18,21,23,31,35H,9-10,13-16,19H2,1-3H3/t31-/m1/s1. The van der Waals surface area contributed by atoms with Crippen molar-refractivity contribution in [3.8, 4) is 11.3 Å². The number of sulfonamides is 1. The number of hydrogen-bond acceptors (Lipinski definition) is 8. The summed E-state index contributed by atoms with van der Waals surface area (Å²) in [6.45, 7) is 3.07. The van der Waals surface area contributed by atoms with E-state index >= 15 is 0 Å². The van der Waals surface area contributed by atoms with Crippen molar-refractivity contribution in [2.75, 3.05) is 29.9 Å². The summed E-state index contributed by atoms with van der Waals surface area (Å²) in [6, 6.07) is 14.8. The molecule has 0 spiro atoms. The maximum atomic E-state index is 13.5. The molecule has 0 bridgehead atoms. The minimum Gasteiger partial charge on any atom is -0.381 e. The van der Waals surface area contributed by atoms with Gasteiger partial charge in [-0.1, -0.05) is 35.5 Å². The largest absolute Gasteiger partial charge is 0.381 e. The van der Waals surface area contributed by atoms with Gasteiger partial charge in [-0.15, -0.1) is 5.10 Å². The van der Waals surface area contributed by atoms with E-state index in [1.54, 1.807) is 16.9 Å². The minimum absolute atomic E-state index is 0.0278. The van der Waals surface area contributed by atoms with Crippen LogP contribution in [0, 0.1) is 18.8 Å². The Balaban J connectivity index is 1.60. The van der Waals surface area contributed by atoms with E-state index in [-0.39, 0.29) is 28.5 Å². The van der Waals surface area contributed by atoms with Crippen molar-refractivity contribution in [1.82, 2.24) is 24.5 Å². The van der Waals surface area contributed by atoms with Crippen LogP contribution in [0.2, 0.25) is 0 Å². The Kier molecular flexibility index (Phi) is 7.45. The Morgan fingerprint density at radius 3 is 2.40 bits per heavy atom. The molecule has 1 saturated heterocycles. The van der Waals surface area contributed by atoms with E-state index in [1.165, 1.54) is 12.3 Å². The maximum absolute atomic E-state index is 13.5. The molecule has 236 valence electrons. The Labute approximate surface area is 262 Å². The summed E-state index contributed by atoms with van der Waals surface area (Å²) in [5.41, 5.74) is 5.28. The van der Waals surface area contributed by atoms with E-state index in [1.807, 2.05) is 38.2 Å². The highest BCUT2D eigenvalue weighted by atomic mass is 32.2. The van der Waals surface area contributed by atoms with Crippen LogP contribution in [0.3, 0.4) is 0 Å². The second kappa shape index (κ2) is 11.2. The molecule has 0 unspecified atom stereocenters. The fourth-order valence-electron chi connectivity index (χ4n) is 6.78. The molecule has 2 fully saturated rings. The van der Waals surface area contributed by atoms with Gasteiger partial charge < -0.3 is 9.30 Å². The van der Waals surface area contributed by atoms with E-state index < -0.39 is 19.9 Å². The molecule has 1 saturated carbocycles. The molecule has 7 rings (SSSR count). The van der Waals surface area contributed by atoms with Gasteiger partial charge in [-0.25, -0.2) is 21.5 Å². The second-order valence-corrected chi connectivity index (χ2v) is 16.1. The molecule has 2 aromatic carbocycles. The molecule has 1 N–H and O–H groups in total. The summed E-state index contributed by atoms with van der Waals surface area (Å²) in [7, 11) is -5.63. The Bertz CT molecular complexity index is 2110. The minimum atomic E-state index is -3.76. The van der Waals surface area contributed by atoms with Crippen molar-refractivity contribution in [3.63, 3.8) is 0 Å². The smallest absolute Gasteiger partial charge is 0.233 e. The van der Waals surface area contributed by atoms with Gasteiger partial charge in [-0.2, -0.15) is 0 Å². The van der Waals surface area contributed by atoms with Gasteiger partial charge in [0.2, 0.25) is 10.0 Å². The first-order chi connectivity index (χ1) is 21.5. The van der Waals surface area contributed by atoms with Gasteiger partial charge in [0.1, 0.15) is 0 Å². The molecule has 1 aliphatic carbocycles. The number of nitrogens with zero attached hydrogens (tertiary/aromatic N) is 5. The fourth-order valence-corrected chi connectivity index (χ4v) is 9.19. The molecule has 13 heteroatoms. The number of pyridine rings is 1. The maximum Gasteiger partial charge on any atom is 0.233 e. The SMILES string of the molecule is Cc1nnn(C)c1-c1cnc2c3c(NS(=O)(=O)CC4CC4)ccc(S(C)(=O)=O)c3n([C@H](c3ccccc3)C3CCOCC3)c2c1. The van der Waals surface area contributed by atoms with Gasteiger partial charge in [0.25, 0.3) is 0 Å². The summed E-state index contributed by atoms with van der Waals surface area (Å²) < 4.78 is 66.0. The molecular weight excluding hydrogens is 613 g/mol. The molecule has 0 radical (unpaired) electrons. The predicted molar refractivity (Wildman–Crippen MR) is 173 cm³/mol. The molecule has 1 atom stereocenters. The van der Waals surface area contributed by atoms with E-state index in [4.69, 9.17) is 9.72 Å². The summed E-state index contributed by atoms with van der Waals surface area (Å²) in [5, 5.41) is 8.88. The van der Waals surface area contributed by atoms with Crippen LogP contribution >= 0.6 is 0 Å². The van der Waals surface area contributed by atoms with Crippen LogP contribution in [-0.4, -0.2) is 66.6 Å². The van der Waals surface area contributed by atoms with Gasteiger partial charge in [0.05, 0.1) is 55.7 Å². The van der Waals surface area contributed by atoms with Gasteiger partial charge in [-0.3, -0.25) is 9.71 Å². The summed E-state index contributed by atoms with van der Waals surface area (Å²) in [6.07, 6.45) is 6.24. The van der Waals surface area contributed by atoms with E-state index in [0.717, 1.165) is 48.2 Å². The molecular formula is C32H36N6O5S2. The normalized spacial score (nSPS) is 17.2. The van der Waals surface area contributed by atoms with Gasteiger partial charge >= 0.3 is 0 Å². The average Bonchev–Trinajstić information content (AvgIpc) is 3.66. The Morgan fingerprint density at radius 2 is 1.76 bits per heavy atom. The first-order valence-corrected chi connectivity index (χ1v) is 18.7. The number of anilines is 1.